The normalized spacial score (nSPS) is 13.0. The van der Waals surface area contributed by atoms with Gasteiger partial charge in [-0.05, 0) is 17.7 Å². The number of benzene rings is 2. The highest BCUT2D eigenvalue weighted by Crippen LogP contribution is 2.29. The molecule has 0 aromatic heterocycles. The van der Waals surface area contributed by atoms with Crippen LogP contribution in [0.4, 0.5) is 0 Å². The van der Waals surface area contributed by atoms with Crippen LogP contribution in [-0.4, -0.2) is 55.5 Å². The lowest BCUT2D eigenvalue weighted by molar-refractivity contribution is 0.0490. The minimum absolute atomic E-state index is 0.0575. The van der Waals surface area contributed by atoms with Gasteiger partial charge in [-0.1, -0.05) is 68.2 Å². The highest BCUT2D eigenvalue weighted by atomic mass is 32.2. The van der Waals surface area contributed by atoms with E-state index in [1.165, 1.54) is 6.07 Å². The van der Waals surface area contributed by atoms with Crippen molar-refractivity contribution in [2.45, 2.75) is 30.6 Å². The Kier molecular flexibility index (Phi) is 8.37. The topological polar surface area (TPSA) is 90.0 Å². The van der Waals surface area contributed by atoms with Crippen molar-refractivity contribution < 1.29 is 25.8 Å². The van der Waals surface area contributed by atoms with Crippen molar-refractivity contribution in [3.63, 3.8) is 0 Å². The molecule has 0 saturated heterocycles. The first-order valence-electron chi connectivity index (χ1n) is 9.47. The van der Waals surface area contributed by atoms with E-state index in [4.69, 9.17) is 8.92 Å². The zero-order valence-electron chi connectivity index (χ0n) is 17.7. The van der Waals surface area contributed by atoms with E-state index < -0.39 is 34.9 Å². The Morgan fingerprint density at radius 3 is 2.07 bits per heavy atom. The molecule has 0 aliphatic heterocycles. The lowest BCUT2D eigenvalue weighted by Crippen LogP contribution is -2.37. The van der Waals surface area contributed by atoms with Crippen molar-refractivity contribution in [3.8, 4) is 11.1 Å². The molecule has 0 aliphatic rings. The van der Waals surface area contributed by atoms with Crippen molar-refractivity contribution in [3.05, 3.63) is 54.6 Å². The average molecular weight is 472 g/mol. The first kappa shape index (κ1) is 24.7. The molecule has 0 radical (unpaired) electrons. The maximum Gasteiger partial charge on any atom is 0.265 e. The van der Waals surface area contributed by atoms with Gasteiger partial charge < -0.3 is 4.74 Å². The Balaban J connectivity index is 2.34. The standard InChI is InChI=1S/C20H29NO6S2Si/c1-28(22,23)27-17-21(16-26-14-15-30(2,3)4)29(24,25)20-13-9-8-12-19(20)18-10-6-5-7-11-18/h5-13H,14-17H2,1-4H3. The van der Waals surface area contributed by atoms with Crippen LogP contribution < -0.4 is 0 Å². The molecule has 0 unspecified atom stereocenters. The van der Waals surface area contributed by atoms with Gasteiger partial charge in [0.25, 0.3) is 10.1 Å². The third-order valence-electron chi connectivity index (χ3n) is 4.23. The third kappa shape index (κ3) is 7.60. The van der Waals surface area contributed by atoms with Crippen LogP contribution in [0, 0.1) is 0 Å². The van der Waals surface area contributed by atoms with E-state index >= 15 is 0 Å². The first-order valence-corrected chi connectivity index (χ1v) is 16.4. The maximum atomic E-state index is 13.4. The van der Waals surface area contributed by atoms with Crippen LogP contribution in [0.5, 0.6) is 0 Å². The number of ether oxygens (including phenoxy) is 1. The summed E-state index contributed by atoms with van der Waals surface area (Å²) >= 11 is 0. The Labute approximate surface area is 180 Å². The molecule has 0 fully saturated rings. The van der Waals surface area contributed by atoms with Gasteiger partial charge in [0.15, 0.2) is 0 Å². The second-order valence-electron chi connectivity index (χ2n) is 8.12. The van der Waals surface area contributed by atoms with Crippen LogP contribution in [0.2, 0.25) is 25.7 Å². The number of hydrogen-bond donors (Lipinski definition) is 0. The van der Waals surface area contributed by atoms with Crippen LogP contribution in [0.3, 0.4) is 0 Å². The maximum absolute atomic E-state index is 13.4. The zero-order valence-corrected chi connectivity index (χ0v) is 20.4. The Morgan fingerprint density at radius 1 is 0.867 bits per heavy atom. The summed E-state index contributed by atoms with van der Waals surface area (Å²) in [5.41, 5.74) is 1.25. The molecule has 166 valence electrons. The summed E-state index contributed by atoms with van der Waals surface area (Å²) in [6.45, 7) is 6.00. The zero-order chi connectivity index (χ0) is 22.4. The van der Waals surface area contributed by atoms with Gasteiger partial charge in [-0.2, -0.15) is 8.42 Å². The predicted octanol–water partition coefficient (Wildman–Crippen LogP) is 3.59. The van der Waals surface area contributed by atoms with Crippen LogP contribution in [0.15, 0.2) is 59.5 Å². The van der Waals surface area contributed by atoms with Crippen LogP contribution >= 0.6 is 0 Å². The fourth-order valence-corrected chi connectivity index (χ4v) is 5.10. The van der Waals surface area contributed by atoms with Crippen molar-refractivity contribution in [1.29, 1.82) is 0 Å². The second-order valence-corrected chi connectivity index (χ2v) is 17.3. The monoisotopic (exact) mass is 471 g/mol. The van der Waals surface area contributed by atoms with Crippen molar-refractivity contribution in [2.75, 3.05) is 26.3 Å². The first-order chi connectivity index (χ1) is 13.9. The summed E-state index contributed by atoms with van der Waals surface area (Å²) in [4.78, 5) is 0.0575. The summed E-state index contributed by atoms with van der Waals surface area (Å²) < 4.78 is 61.1. The van der Waals surface area contributed by atoms with E-state index in [1.54, 1.807) is 18.2 Å². The summed E-state index contributed by atoms with van der Waals surface area (Å²) in [5, 5.41) is 0. The SMILES string of the molecule is C[Si](C)(C)CCOCN(COS(C)(=O)=O)S(=O)(=O)c1ccccc1-c1ccccc1. The van der Waals surface area contributed by atoms with Gasteiger partial charge in [0.1, 0.15) is 13.5 Å². The third-order valence-corrected chi connectivity index (χ3v) is 8.27. The Bertz CT molecular complexity index is 1030. The van der Waals surface area contributed by atoms with Crippen molar-refractivity contribution in [1.82, 2.24) is 4.31 Å². The summed E-state index contributed by atoms with van der Waals surface area (Å²) in [7, 11) is -9.28. The molecule has 0 aliphatic carbocycles. The molecular weight excluding hydrogens is 442 g/mol. The van der Waals surface area contributed by atoms with Gasteiger partial charge in [0.05, 0.1) is 11.2 Å². The number of sulfonamides is 1. The molecule has 30 heavy (non-hydrogen) atoms. The minimum atomic E-state index is -4.09. The highest BCUT2D eigenvalue weighted by molar-refractivity contribution is 7.89. The van der Waals surface area contributed by atoms with E-state index in [-0.39, 0.29) is 11.6 Å². The molecule has 2 aromatic rings. The molecule has 2 rings (SSSR count). The summed E-state index contributed by atoms with van der Waals surface area (Å²) in [5.74, 6) is 0. The van der Waals surface area contributed by atoms with Gasteiger partial charge in [-0.25, -0.2) is 8.42 Å². The van der Waals surface area contributed by atoms with Crippen LogP contribution in [0.25, 0.3) is 11.1 Å². The Hall–Kier alpha value is -1.56. The molecule has 2 aromatic carbocycles. The van der Waals surface area contributed by atoms with E-state index in [2.05, 4.69) is 19.6 Å². The molecular formula is C20H29NO6S2Si. The van der Waals surface area contributed by atoms with E-state index in [9.17, 15) is 16.8 Å². The number of nitrogens with zero attached hydrogens (tertiary/aromatic N) is 1. The number of hydrogen-bond acceptors (Lipinski definition) is 6. The summed E-state index contributed by atoms with van der Waals surface area (Å²) in [6, 6.07) is 16.6. The van der Waals surface area contributed by atoms with Crippen molar-refractivity contribution >= 4 is 28.2 Å². The van der Waals surface area contributed by atoms with E-state index in [0.717, 1.165) is 22.2 Å². The molecule has 0 bridgehead atoms. The largest absolute Gasteiger partial charge is 0.365 e. The van der Waals surface area contributed by atoms with Gasteiger partial charge >= 0.3 is 0 Å². The predicted molar refractivity (Wildman–Crippen MR) is 121 cm³/mol. The minimum Gasteiger partial charge on any atom is -0.365 e. The van der Waals surface area contributed by atoms with Crippen molar-refractivity contribution in [2.24, 2.45) is 0 Å². The quantitative estimate of drug-likeness (QED) is 0.215. The molecule has 0 N–H and O–H groups in total. The lowest BCUT2D eigenvalue weighted by atomic mass is 10.1. The second kappa shape index (κ2) is 10.2. The Morgan fingerprint density at radius 2 is 1.47 bits per heavy atom. The smallest absolute Gasteiger partial charge is 0.265 e. The molecule has 0 saturated carbocycles. The van der Waals surface area contributed by atoms with E-state index in [1.807, 2.05) is 30.3 Å². The molecule has 0 spiro atoms. The highest BCUT2D eigenvalue weighted by Gasteiger charge is 2.29. The van der Waals surface area contributed by atoms with Gasteiger partial charge in [-0.3, -0.25) is 4.18 Å². The van der Waals surface area contributed by atoms with Gasteiger partial charge in [0, 0.05) is 20.2 Å². The van der Waals surface area contributed by atoms with Gasteiger partial charge in [-0.15, -0.1) is 4.31 Å². The van der Waals surface area contributed by atoms with Gasteiger partial charge in [0.2, 0.25) is 10.0 Å². The molecule has 0 heterocycles. The van der Waals surface area contributed by atoms with E-state index in [0.29, 0.717) is 12.2 Å². The average Bonchev–Trinajstić information content (AvgIpc) is 2.66. The fourth-order valence-electron chi connectivity index (χ4n) is 2.56. The molecule has 7 nitrogen and oxygen atoms in total. The molecule has 0 atom stereocenters. The number of rotatable bonds is 11. The van der Waals surface area contributed by atoms with Crippen LogP contribution in [0.1, 0.15) is 0 Å². The fraction of sp³-hybridized carbons (Fsp3) is 0.400. The van der Waals surface area contributed by atoms with Crippen LogP contribution in [-0.2, 0) is 29.1 Å². The molecule has 10 heteroatoms. The summed E-state index contributed by atoms with van der Waals surface area (Å²) in [6.07, 6.45) is 0.877. The molecule has 0 amide bonds. The lowest BCUT2D eigenvalue weighted by Gasteiger charge is -2.23.